The van der Waals surface area contributed by atoms with Gasteiger partial charge in [-0.15, -0.1) is 0 Å². The molecule has 2 aromatic carbocycles. The molecule has 1 atom stereocenters. The number of likely N-dealkylation sites (tertiary alicyclic amines) is 1. The lowest BCUT2D eigenvalue weighted by molar-refractivity contribution is 0.0811. The predicted molar refractivity (Wildman–Crippen MR) is 105 cm³/mol. The third-order valence-electron chi connectivity index (χ3n) is 4.94. The minimum atomic E-state index is -0.0485. The molecule has 0 aliphatic carbocycles. The monoisotopic (exact) mass is 389 g/mol. The van der Waals surface area contributed by atoms with Crippen LogP contribution in [0.5, 0.6) is 17.2 Å². The number of Topliss-reactive ketones (excluding diaryl/α,β-unsaturated/α-hetero) is 1. The van der Waals surface area contributed by atoms with Crippen LogP contribution in [0.15, 0.2) is 36.4 Å². The molecule has 1 heterocycles. The van der Waals surface area contributed by atoms with Gasteiger partial charge in [0.05, 0.1) is 19.2 Å². The van der Waals surface area contributed by atoms with Gasteiger partial charge in [0.25, 0.3) is 0 Å². The van der Waals surface area contributed by atoms with Crippen LogP contribution in [0.3, 0.4) is 0 Å². The Bertz CT molecular complexity index is 824. The number of aromatic hydroxyl groups is 1. The van der Waals surface area contributed by atoms with Gasteiger partial charge in [-0.1, -0.05) is 23.7 Å². The van der Waals surface area contributed by atoms with Crippen molar-refractivity contribution in [3.63, 3.8) is 0 Å². The van der Waals surface area contributed by atoms with Crippen molar-refractivity contribution in [1.82, 2.24) is 4.90 Å². The van der Waals surface area contributed by atoms with Crippen LogP contribution in [0.4, 0.5) is 0 Å². The molecule has 1 saturated heterocycles. The number of nitrogens with zero attached hydrogens (tertiary/aromatic N) is 1. The number of piperidine rings is 1. The van der Waals surface area contributed by atoms with Gasteiger partial charge in [0.2, 0.25) is 0 Å². The van der Waals surface area contributed by atoms with Crippen LogP contribution in [-0.2, 0) is 6.54 Å². The van der Waals surface area contributed by atoms with Crippen LogP contribution in [0, 0.1) is 5.92 Å². The molecule has 0 spiro atoms. The van der Waals surface area contributed by atoms with Crippen molar-refractivity contribution < 1.29 is 19.4 Å². The molecular weight excluding hydrogens is 366 g/mol. The first-order valence-electron chi connectivity index (χ1n) is 8.97. The molecule has 0 aromatic heterocycles. The normalized spacial score (nSPS) is 17.5. The highest BCUT2D eigenvalue weighted by Gasteiger charge is 2.27. The Morgan fingerprint density at radius 1 is 1.26 bits per heavy atom. The number of rotatable bonds is 6. The van der Waals surface area contributed by atoms with Gasteiger partial charge < -0.3 is 14.6 Å². The highest BCUT2D eigenvalue weighted by atomic mass is 35.5. The molecule has 0 amide bonds. The quantitative estimate of drug-likeness (QED) is 0.752. The largest absolute Gasteiger partial charge is 0.503 e. The second-order valence-electron chi connectivity index (χ2n) is 6.80. The van der Waals surface area contributed by atoms with E-state index < -0.39 is 0 Å². The van der Waals surface area contributed by atoms with Crippen molar-refractivity contribution >= 4 is 17.4 Å². The summed E-state index contributed by atoms with van der Waals surface area (Å²) in [5, 5.41) is 10.2. The van der Waals surface area contributed by atoms with Crippen LogP contribution in [0.1, 0.15) is 28.8 Å². The average molecular weight is 390 g/mol. The van der Waals surface area contributed by atoms with Gasteiger partial charge >= 0.3 is 0 Å². The van der Waals surface area contributed by atoms with Crippen LogP contribution >= 0.6 is 11.6 Å². The lowest BCUT2D eigenvalue weighted by Gasteiger charge is -2.32. The topological polar surface area (TPSA) is 59.0 Å². The number of hydrogen-bond acceptors (Lipinski definition) is 5. The van der Waals surface area contributed by atoms with E-state index >= 15 is 0 Å². The molecule has 1 fully saturated rings. The lowest BCUT2D eigenvalue weighted by Crippen LogP contribution is -2.38. The zero-order valence-electron chi connectivity index (χ0n) is 15.6. The van der Waals surface area contributed by atoms with Crippen molar-refractivity contribution in [2.45, 2.75) is 19.4 Å². The fourth-order valence-electron chi connectivity index (χ4n) is 3.56. The van der Waals surface area contributed by atoms with E-state index in [0.717, 1.165) is 24.9 Å². The van der Waals surface area contributed by atoms with Gasteiger partial charge in [-0.2, -0.15) is 0 Å². The lowest BCUT2D eigenvalue weighted by atomic mass is 9.89. The summed E-state index contributed by atoms with van der Waals surface area (Å²) in [5.74, 6) is 1.12. The van der Waals surface area contributed by atoms with Crippen LogP contribution in [0.25, 0.3) is 0 Å². The molecule has 0 radical (unpaired) electrons. The molecule has 3 rings (SSSR count). The smallest absolute Gasteiger partial charge is 0.176 e. The number of ether oxygens (including phenoxy) is 2. The summed E-state index contributed by atoms with van der Waals surface area (Å²) in [4.78, 5) is 15.2. The Morgan fingerprint density at radius 2 is 2.07 bits per heavy atom. The van der Waals surface area contributed by atoms with E-state index in [4.69, 9.17) is 21.1 Å². The maximum atomic E-state index is 12.9. The molecule has 2 aromatic rings. The number of benzene rings is 2. The molecule has 5 nitrogen and oxygen atoms in total. The fraction of sp³-hybridized carbons (Fsp3) is 0.381. The second kappa shape index (κ2) is 8.63. The zero-order chi connectivity index (χ0) is 19.4. The standard InChI is InChI=1S/C21H24ClNO4/c1-26-17-7-3-5-15(11-17)20(24)16-6-4-8-23(13-16)12-14-9-18(22)21(25)19(10-14)27-2/h3,5,7,9-11,16,25H,4,6,8,12-13H2,1-2H3/t16-/m0/s1. The van der Waals surface area contributed by atoms with Gasteiger partial charge in [0.1, 0.15) is 5.75 Å². The van der Waals surface area contributed by atoms with Gasteiger partial charge in [0, 0.05) is 24.6 Å². The summed E-state index contributed by atoms with van der Waals surface area (Å²) in [7, 11) is 3.10. The van der Waals surface area contributed by atoms with Crippen molar-refractivity contribution in [2.75, 3.05) is 27.3 Å². The van der Waals surface area contributed by atoms with E-state index in [-0.39, 0.29) is 22.5 Å². The summed E-state index contributed by atoms with van der Waals surface area (Å²) in [6.45, 7) is 2.26. The van der Waals surface area contributed by atoms with E-state index in [0.29, 0.717) is 30.2 Å². The van der Waals surface area contributed by atoms with E-state index in [1.54, 1.807) is 25.3 Å². The molecule has 1 aliphatic rings. The minimum Gasteiger partial charge on any atom is -0.503 e. The van der Waals surface area contributed by atoms with Crippen molar-refractivity contribution in [3.05, 3.63) is 52.5 Å². The van der Waals surface area contributed by atoms with Crippen LogP contribution in [0.2, 0.25) is 5.02 Å². The first kappa shape index (κ1) is 19.5. The zero-order valence-corrected chi connectivity index (χ0v) is 16.3. The molecular formula is C21H24ClNO4. The molecule has 144 valence electrons. The summed E-state index contributed by atoms with van der Waals surface area (Å²) < 4.78 is 10.4. The number of halogens is 1. The Kier molecular flexibility index (Phi) is 6.24. The Balaban J connectivity index is 1.71. The number of carbonyl (C=O) groups is 1. The predicted octanol–water partition coefficient (Wildman–Crippen LogP) is 4.16. The SMILES string of the molecule is COc1cccc(C(=O)[C@H]2CCCN(Cc3cc(Cl)c(O)c(OC)c3)C2)c1. The summed E-state index contributed by atoms with van der Waals surface area (Å²) in [6.07, 6.45) is 1.84. The van der Waals surface area contributed by atoms with Crippen LogP contribution < -0.4 is 9.47 Å². The second-order valence-corrected chi connectivity index (χ2v) is 7.21. The van der Waals surface area contributed by atoms with Gasteiger partial charge in [-0.25, -0.2) is 0 Å². The highest BCUT2D eigenvalue weighted by molar-refractivity contribution is 6.32. The van der Waals surface area contributed by atoms with E-state index in [1.165, 1.54) is 7.11 Å². The molecule has 1 aliphatic heterocycles. The van der Waals surface area contributed by atoms with Gasteiger partial charge in [-0.3, -0.25) is 9.69 Å². The summed E-state index contributed by atoms with van der Waals surface area (Å²) in [6, 6.07) is 10.9. The molecule has 0 saturated carbocycles. The Morgan fingerprint density at radius 3 is 2.81 bits per heavy atom. The number of ketones is 1. The van der Waals surface area contributed by atoms with Crippen LogP contribution in [-0.4, -0.2) is 43.1 Å². The number of hydrogen-bond donors (Lipinski definition) is 1. The van der Waals surface area contributed by atoms with Gasteiger partial charge in [-0.05, 0) is 49.2 Å². The Labute approximate surface area is 164 Å². The molecule has 6 heteroatoms. The number of phenols is 1. The molecule has 0 unspecified atom stereocenters. The average Bonchev–Trinajstić information content (AvgIpc) is 2.70. The number of methoxy groups -OCH3 is 2. The van der Waals surface area contributed by atoms with E-state index in [2.05, 4.69) is 4.90 Å². The Hall–Kier alpha value is -2.24. The third kappa shape index (κ3) is 4.54. The maximum absolute atomic E-state index is 12.9. The summed E-state index contributed by atoms with van der Waals surface area (Å²) in [5.41, 5.74) is 1.64. The van der Waals surface area contributed by atoms with E-state index in [1.807, 2.05) is 18.2 Å². The van der Waals surface area contributed by atoms with Crippen molar-refractivity contribution in [3.8, 4) is 17.2 Å². The molecule has 0 bridgehead atoms. The minimum absolute atomic E-state index is 0.0414. The maximum Gasteiger partial charge on any atom is 0.176 e. The number of carbonyl (C=O) groups excluding carboxylic acids is 1. The first-order chi connectivity index (χ1) is 13.0. The third-order valence-corrected chi connectivity index (χ3v) is 5.23. The van der Waals surface area contributed by atoms with Crippen molar-refractivity contribution in [2.24, 2.45) is 5.92 Å². The summed E-state index contributed by atoms with van der Waals surface area (Å²) >= 11 is 6.09. The molecule has 1 N–H and O–H groups in total. The van der Waals surface area contributed by atoms with Gasteiger partial charge in [0.15, 0.2) is 17.3 Å². The molecule has 27 heavy (non-hydrogen) atoms. The first-order valence-corrected chi connectivity index (χ1v) is 9.35. The van der Waals surface area contributed by atoms with Crippen molar-refractivity contribution in [1.29, 1.82) is 0 Å². The number of phenolic OH excluding ortho intramolecular Hbond substituents is 1. The van der Waals surface area contributed by atoms with E-state index in [9.17, 15) is 9.90 Å². The fourth-order valence-corrected chi connectivity index (χ4v) is 3.79. The highest BCUT2D eigenvalue weighted by Crippen LogP contribution is 2.35.